The lowest BCUT2D eigenvalue weighted by Crippen LogP contribution is -2.26. The predicted molar refractivity (Wildman–Crippen MR) is 69.0 cm³/mol. The Morgan fingerprint density at radius 2 is 2.25 bits per heavy atom. The molecule has 0 radical (unpaired) electrons. The molecule has 0 aromatic carbocycles. The first-order valence-electron chi connectivity index (χ1n) is 4.62. The Kier molecular flexibility index (Phi) is 3.36. The van der Waals surface area contributed by atoms with Crippen LogP contribution in [-0.2, 0) is 0 Å². The smallest absolute Gasteiger partial charge is 0.270 e. The van der Waals surface area contributed by atoms with Crippen molar-refractivity contribution in [1.29, 1.82) is 0 Å². The second-order valence-corrected chi connectivity index (χ2v) is 4.92. The van der Waals surface area contributed by atoms with Crippen molar-refractivity contribution in [2.45, 2.75) is 0 Å². The highest BCUT2D eigenvalue weighted by Crippen LogP contribution is 2.25. The molecule has 0 saturated heterocycles. The summed E-state index contributed by atoms with van der Waals surface area (Å²) in [6.07, 6.45) is 1.67. The first-order chi connectivity index (χ1) is 7.70. The first-order valence-corrected chi connectivity index (χ1v) is 6.29. The fourth-order valence-electron chi connectivity index (χ4n) is 1.25. The van der Waals surface area contributed by atoms with E-state index in [1.54, 1.807) is 19.3 Å². The highest BCUT2D eigenvalue weighted by atomic mass is 79.9. The maximum absolute atomic E-state index is 12.1. The Labute approximate surface area is 106 Å². The van der Waals surface area contributed by atoms with Gasteiger partial charge in [-0.1, -0.05) is 6.07 Å². The van der Waals surface area contributed by atoms with Crippen LogP contribution in [-0.4, -0.2) is 17.9 Å². The molecule has 2 aromatic heterocycles. The molecule has 5 heteroatoms. The van der Waals surface area contributed by atoms with Crippen LogP contribution in [0.5, 0.6) is 0 Å². The summed E-state index contributed by atoms with van der Waals surface area (Å²) in [6.45, 7) is 0. The minimum absolute atomic E-state index is 0.0550. The highest BCUT2D eigenvalue weighted by molar-refractivity contribution is 9.10. The van der Waals surface area contributed by atoms with Gasteiger partial charge < -0.3 is 0 Å². The lowest BCUT2D eigenvalue weighted by molar-refractivity contribution is 0.0995. The molecule has 0 fully saturated rings. The minimum atomic E-state index is -0.0550. The molecule has 2 aromatic rings. The van der Waals surface area contributed by atoms with Crippen LogP contribution < -0.4 is 4.90 Å². The molecule has 3 nitrogen and oxygen atoms in total. The molecule has 2 heterocycles. The summed E-state index contributed by atoms with van der Waals surface area (Å²) in [7, 11) is 1.72. The van der Waals surface area contributed by atoms with Crippen molar-refractivity contribution in [3.8, 4) is 0 Å². The molecular formula is C11H9BrN2OS. The van der Waals surface area contributed by atoms with E-state index in [1.165, 1.54) is 16.2 Å². The van der Waals surface area contributed by atoms with Crippen molar-refractivity contribution in [2.24, 2.45) is 0 Å². The molecule has 2 rings (SSSR count). The van der Waals surface area contributed by atoms with E-state index in [1.807, 2.05) is 23.6 Å². The Hall–Kier alpha value is -1.20. The molecule has 0 spiro atoms. The Morgan fingerprint density at radius 3 is 2.81 bits per heavy atom. The number of thiophene rings is 1. The molecule has 0 atom stereocenters. The molecule has 0 aliphatic carbocycles. The van der Waals surface area contributed by atoms with E-state index in [0.717, 1.165) is 4.47 Å². The summed E-state index contributed by atoms with van der Waals surface area (Å²) in [4.78, 5) is 18.5. The average Bonchev–Trinajstić information content (AvgIpc) is 2.75. The lowest BCUT2D eigenvalue weighted by Gasteiger charge is -2.15. The second kappa shape index (κ2) is 4.76. The summed E-state index contributed by atoms with van der Waals surface area (Å²) >= 11 is 4.77. The largest absolute Gasteiger partial charge is 0.295 e. The molecule has 82 valence electrons. The maximum Gasteiger partial charge on any atom is 0.270 e. The Morgan fingerprint density at radius 1 is 1.44 bits per heavy atom. The number of rotatable bonds is 2. The van der Waals surface area contributed by atoms with Gasteiger partial charge in [-0.2, -0.15) is 0 Å². The van der Waals surface area contributed by atoms with E-state index in [-0.39, 0.29) is 5.91 Å². The van der Waals surface area contributed by atoms with Crippen LogP contribution in [0.3, 0.4) is 0 Å². The van der Waals surface area contributed by atoms with Crippen LogP contribution in [0.2, 0.25) is 0 Å². The van der Waals surface area contributed by atoms with Gasteiger partial charge in [0, 0.05) is 17.7 Å². The first kappa shape index (κ1) is 11.3. The summed E-state index contributed by atoms with van der Waals surface area (Å²) in [6, 6.07) is 7.35. The van der Waals surface area contributed by atoms with Gasteiger partial charge in [0.25, 0.3) is 5.91 Å². The fraction of sp³-hybridized carbons (Fsp3) is 0.0909. The van der Waals surface area contributed by atoms with Crippen molar-refractivity contribution in [1.82, 2.24) is 4.98 Å². The Bertz CT molecular complexity index is 498. The summed E-state index contributed by atoms with van der Waals surface area (Å²) in [5.74, 6) is 0.591. The van der Waals surface area contributed by atoms with Gasteiger partial charge in [0.05, 0.1) is 0 Å². The van der Waals surface area contributed by atoms with Crippen molar-refractivity contribution >= 4 is 39.0 Å². The van der Waals surface area contributed by atoms with Crippen molar-refractivity contribution in [2.75, 3.05) is 11.9 Å². The van der Waals surface area contributed by atoms with Crippen molar-refractivity contribution < 1.29 is 4.79 Å². The number of carbonyl (C=O) groups is 1. The van der Waals surface area contributed by atoms with Gasteiger partial charge in [0.1, 0.15) is 10.7 Å². The molecule has 0 saturated carbocycles. The van der Waals surface area contributed by atoms with Gasteiger partial charge in [-0.05, 0) is 39.5 Å². The third kappa shape index (κ3) is 2.15. The number of pyridine rings is 1. The van der Waals surface area contributed by atoms with E-state index >= 15 is 0 Å². The second-order valence-electron chi connectivity index (χ2n) is 3.15. The molecule has 16 heavy (non-hydrogen) atoms. The summed E-state index contributed by atoms with van der Waals surface area (Å²) in [5.41, 5.74) is 0. The fourth-order valence-corrected chi connectivity index (χ4v) is 2.77. The van der Waals surface area contributed by atoms with Gasteiger partial charge in [-0.15, -0.1) is 11.3 Å². The highest BCUT2D eigenvalue weighted by Gasteiger charge is 2.17. The number of carbonyl (C=O) groups excluding carboxylic acids is 1. The summed E-state index contributed by atoms with van der Waals surface area (Å²) < 4.78 is 0.824. The quantitative estimate of drug-likeness (QED) is 0.853. The predicted octanol–water partition coefficient (Wildman–Crippen LogP) is 3.18. The van der Waals surface area contributed by atoms with Crippen molar-refractivity contribution in [3.05, 3.63) is 45.2 Å². The lowest BCUT2D eigenvalue weighted by atomic mass is 10.4. The number of amides is 1. The molecule has 0 aliphatic rings. The molecular weight excluding hydrogens is 288 g/mol. The zero-order chi connectivity index (χ0) is 11.5. The monoisotopic (exact) mass is 296 g/mol. The molecule has 1 amide bonds. The Balaban J connectivity index is 2.27. The maximum atomic E-state index is 12.1. The number of nitrogens with zero attached hydrogens (tertiary/aromatic N) is 2. The number of halogens is 1. The number of hydrogen-bond donors (Lipinski definition) is 0. The minimum Gasteiger partial charge on any atom is -0.295 e. The number of aromatic nitrogens is 1. The molecule has 0 N–H and O–H groups in total. The normalized spacial score (nSPS) is 10.1. The van der Waals surface area contributed by atoms with Crippen LogP contribution in [0.15, 0.2) is 40.3 Å². The topological polar surface area (TPSA) is 33.2 Å². The van der Waals surface area contributed by atoms with Gasteiger partial charge >= 0.3 is 0 Å². The van der Waals surface area contributed by atoms with Gasteiger partial charge in [-0.25, -0.2) is 4.98 Å². The summed E-state index contributed by atoms with van der Waals surface area (Å²) in [5, 5.41) is 1.88. The number of anilines is 1. The number of hydrogen-bond acceptors (Lipinski definition) is 3. The van der Waals surface area contributed by atoms with Crippen LogP contribution in [0.4, 0.5) is 5.82 Å². The van der Waals surface area contributed by atoms with E-state index < -0.39 is 0 Å². The van der Waals surface area contributed by atoms with E-state index in [4.69, 9.17) is 0 Å². The van der Waals surface area contributed by atoms with Gasteiger partial charge in [-0.3, -0.25) is 9.69 Å². The van der Waals surface area contributed by atoms with Gasteiger partial charge in [0.2, 0.25) is 0 Å². The van der Waals surface area contributed by atoms with Crippen LogP contribution in [0.1, 0.15) is 9.67 Å². The zero-order valence-electron chi connectivity index (χ0n) is 8.55. The van der Waals surface area contributed by atoms with Crippen molar-refractivity contribution in [3.63, 3.8) is 0 Å². The zero-order valence-corrected chi connectivity index (χ0v) is 11.0. The van der Waals surface area contributed by atoms with E-state index in [0.29, 0.717) is 10.7 Å². The van der Waals surface area contributed by atoms with Crippen LogP contribution in [0.25, 0.3) is 0 Å². The van der Waals surface area contributed by atoms with Gasteiger partial charge in [0.15, 0.2) is 0 Å². The third-order valence-corrected chi connectivity index (χ3v) is 3.93. The third-order valence-electron chi connectivity index (χ3n) is 2.11. The van der Waals surface area contributed by atoms with Crippen LogP contribution in [0, 0.1) is 0 Å². The van der Waals surface area contributed by atoms with E-state index in [2.05, 4.69) is 20.9 Å². The molecule has 0 unspecified atom stereocenters. The molecule has 0 aliphatic heterocycles. The van der Waals surface area contributed by atoms with Crippen LogP contribution >= 0.6 is 27.3 Å². The average molecular weight is 297 g/mol. The molecule has 0 bridgehead atoms. The van der Waals surface area contributed by atoms with E-state index in [9.17, 15) is 4.79 Å². The standard InChI is InChI=1S/C11H9BrN2OS/c1-14(9-4-2-3-6-13-9)11(15)10-8(12)5-7-16-10/h2-7H,1H3. The SMILES string of the molecule is CN(C(=O)c1sccc1Br)c1ccccn1.